The number of sulfone groups is 1. The summed E-state index contributed by atoms with van der Waals surface area (Å²) in [5, 5.41) is 13.7. The summed E-state index contributed by atoms with van der Waals surface area (Å²) in [6.07, 6.45) is 3.05. The molecule has 0 aromatic rings. The molecular formula is C12H23NO3S. The van der Waals surface area contributed by atoms with E-state index >= 15 is 0 Å². The number of hydrogen-bond acceptors (Lipinski definition) is 4. The highest BCUT2D eigenvalue weighted by atomic mass is 32.2. The van der Waals surface area contributed by atoms with E-state index in [1.54, 1.807) is 13.8 Å². The highest BCUT2D eigenvalue weighted by molar-refractivity contribution is 7.93. The molecule has 2 fully saturated rings. The van der Waals surface area contributed by atoms with Gasteiger partial charge in [0.15, 0.2) is 9.84 Å². The molecule has 2 aliphatic rings. The summed E-state index contributed by atoms with van der Waals surface area (Å²) < 4.78 is 23.2. The van der Waals surface area contributed by atoms with Crippen LogP contribution in [0.1, 0.15) is 39.5 Å². The molecule has 0 spiro atoms. The molecule has 5 heteroatoms. The molecule has 0 radical (unpaired) electrons. The number of piperidine rings is 1. The molecule has 0 amide bonds. The summed E-state index contributed by atoms with van der Waals surface area (Å²) in [7, 11) is -2.98. The van der Waals surface area contributed by atoms with Crippen molar-refractivity contribution in [2.24, 2.45) is 5.92 Å². The summed E-state index contributed by atoms with van der Waals surface area (Å²) in [5.41, 5.74) is -0.708. The topological polar surface area (TPSA) is 66.4 Å². The Morgan fingerprint density at radius 3 is 2.59 bits per heavy atom. The molecule has 2 unspecified atom stereocenters. The lowest BCUT2D eigenvalue weighted by Crippen LogP contribution is -2.49. The van der Waals surface area contributed by atoms with Gasteiger partial charge in [-0.05, 0) is 52.0 Å². The molecule has 0 bridgehead atoms. The molecule has 100 valence electrons. The fourth-order valence-electron chi connectivity index (χ4n) is 3.09. The molecule has 0 saturated carbocycles. The third-order valence-electron chi connectivity index (χ3n) is 4.60. The van der Waals surface area contributed by atoms with E-state index in [0.29, 0.717) is 19.4 Å². The van der Waals surface area contributed by atoms with Crippen LogP contribution < -0.4 is 5.32 Å². The lowest BCUT2D eigenvalue weighted by atomic mass is 9.79. The van der Waals surface area contributed by atoms with Crippen molar-refractivity contribution in [1.29, 1.82) is 0 Å². The summed E-state index contributed by atoms with van der Waals surface area (Å²) in [4.78, 5) is 0. The molecule has 0 aromatic carbocycles. The van der Waals surface area contributed by atoms with Crippen molar-refractivity contribution in [3.63, 3.8) is 0 Å². The van der Waals surface area contributed by atoms with Crippen LogP contribution in [0.15, 0.2) is 0 Å². The number of β-amino-alcohol motifs (C(OH)–C–C–N with tert-alkyl or cyclic N) is 1. The van der Waals surface area contributed by atoms with Gasteiger partial charge in [-0.1, -0.05) is 0 Å². The van der Waals surface area contributed by atoms with Crippen LogP contribution in [0, 0.1) is 5.92 Å². The van der Waals surface area contributed by atoms with Crippen molar-refractivity contribution < 1.29 is 13.5 Å². The Labute approximate surface area is 104 Å². The van der Waals surface area contributed by atoms with Crippen molar-refractivity contribution in [2.75, 3.05) is 18.8 Å². The van der Waals surface area contributed by atoms with E-state index in [0.717, 1.165) is 19.4 Å². The Kier molecular flexibility index (Phi) is 3.30. The molecule has 2 atom stereocenters. The molecule has 2 heterocycles. The first kappa shape index (κ1) is 13.3. The largest absolute Gasteiger partial charge is 0.389 e. The Balaban J connectivity index is 2.10. The summed E-state index contributed by atoms with van der Waals surface area (Å²) in [5.74, 6) is 0.353. The van der Waals surface area contributed by atoms with Crippen LogP contribution in [-0.4, -0.2) is 42.7 Å². The zero-order valence-electron chi connectivity index (χ0n) is 10.7. The van der Waals surface area contributed by atoms with Crippen LogP contribution in [0.3, 0.4) is 0 Å². The molecule has 0 aliphatic carbocycles. The van der Waals surface area contributed by atoms with Gasteiger partial charge in [0, 0.05) is 6.54 Å². The van der Waals surface area contributed by atoms with Crippen LogP contribution >= 0.6 is 0 Å². The Bertz CT molecular complexity index is 383. The normalized spacial score (nSPS) is 40.3. The monoisotopic (exact) mass is 261 g/mol. The van der Waals surface area contributed by atoms with Crippen molar-refractivity contribution in [3.8, 4) is 0 Å². The van der Waals surface area contributed by atoms with Crippen LogP contribution in [0.5, 0.6) is 0 Å². The van der Waals surface area contributed by atoms with Crippen LogP contribution in [-0.2, 0) is 9.84 Å². The molecule has 2 saturated heterocycles. The van der Waals surface area contributed by atoms with E-state index in [1.165, 1.54) is 0 Å². The number of hydrogen-bond donors (Lipinski definition) is 2. The first-order valence-corrected chi connectivity index (χ1v) is 8.07. The second kappa shape index (κ2) is 4.21. The predicted molar refractivity (Wildman–Crippen MR) is 67.6 cm³/mol. The average molecular weight is 261 g/mol. The number of rotatable bonds is 2. The minimum Gasteiger partial charge on any atom is -0.389 e. The van der Waals surface area contributed by atoms with Gasteiger partial charge in [-0.15, -0.1) is 0 Å². The van der Waals surface area contributed by atoms with E-state index < -0.39 is 20.2 Å². The van der Waals surface area contributed by atoms with Gasteiger partial charge in [0.1, 0.15) is 0 Å². The van der Waals surface area contributed by atoms with Gasteiger partial charge >= 0.3 is 0 Å². The fraction of sp³-hybridized carbons (Fsp3) is 1.00. The molecule has 2 rings (SSSR count). The van der Waals surface area contributed by atoms with Gasteiger partial charge in [-0.2, -0.15) is 0 Å². The Morgan fingerprint density at radius 2 is 2.12 bits per heavy atom. The van der Waals surface area contributed by atoms with Gasteiger partial charge < -0.3 is 10.4 Å². The summed E-state index contributed by atoms with van der Waals surface area (Å²) in [6, 6.07) is 0. The minimum atomic E-state index is -2.98. The quantitative estimate of drug-likeness (QED) is 0.768. The van der Waals surface area contributed by atoms with E-state index in [4.69, 9.17) is 0 Å². The van der Waals surface area contributed by atoms with Gasteiger partial charge in [0.25, 0.3) is 0 Å². The summed E-state index contributed by atoms with van der Waals surface area (Å²) >= 11 is 0. The molecule has 2 aliphatic heterocycles. The highest BCUT2D eigenvalue weighted by Crippen LogP contribution is 2.42. The maximum atomic E-state index is 11.9. The van der Waals surface area contributed by atoms with Crippen LogP contribution in [0.4, 0.5) is 0 Å². The number of aliphatic hydroxyl groups is 1. The summed E-state index contributed by atoms with van der Waals surface area (Å²) in [6.45, 7) is 5.16. The maximum absolute atomic E-state index is 11.9. The lowest BCUT2D eigenvalue weighted by molar-refractivity contribution is -0.00890. The van der Waals surface area contributed by atoms with Crippen LogP contribution in [0.25, 0.3) is 0 Å². The molecular weight excluding hydrogens is 238 g/mol. The SMILES string of the molecule is CC1(C)C(CC2(O)CCCNC2)CCS1(=O)=O. The number of nitrogens with one attached hydrogen (secondary N) is 1. The van der Waals surface area contributed by atoms with E-state index in [1.807, 2.05) is 0 Å². The maximum Gasteiger partial charge on any atom is 0.155 e. The van der Waals surface area contributed by atoms with Crippen LogP contribution in [0.2, 0.25) is 0 Å². The first-order valence-electron chi connectivity index (χ1n) is 6.42. The minimum absolute atomic E-state index is 0.0809. The van der Waals surface area contributed by atoms with Gasteiger partial charge in [-0.3, -0.25) is 0 Å². The van der Waals surface area contributed by atoms with Gasteiger partial charge in [0.2, 0.25) is 0 Å². The van der Waals surface area contributed by atoms with Gasteiger partial charge in [0.05, 0.1) is 16.1 Å². The fourth-order valence-corrected chi connectivity index (χ4v) is 4.92. The van der Waals surface area contributed by atoms with E-state index in [2.05, 4.69) is 5.32 Å². The Hall–Kier alpha value is -0.130. The van der Waals surface area contributed by atoms with E-state index in [9.17, 15) is 13.5 Å². The van der Waals surface area contributed by atoms with Crippen molar-refractivity contribution in [1.82, 2.24) is 5.32 Å². The second-order valence-electron chi connectivity index (χ2n) is 6.12. The zero-order chi connectivity index (χ0) is 12.7. The van der Waals surface area contributed by atoms with Gasteiger partial charge in [-0.25, -0.2) is 8.42 Å². The third-order valence-corrected chi connectivity index (χ3v) is 7.31. The highest BCUT2D eigenvalue weighted by Gasteiger charge is 2.49. The predicted octanol–water partition coefficient (Wildman–Crippen LogP) is 0.704. The Morgan fingerprint density at radius 1 is 1.41 bits per heavy atom. The van der Waals surface area contributed by atoms with Crippen molar-refractivity contribution in [2.45, 2.75) is 49.9 Å². The second-order valence-corrected chi connectivity index (χ2v) is 8.81. The van der Waals surface area contributed by atoms with E-state index in [-0.39, 0.29) is 11.7 Å². The molecule has 4 nitrogen and oxygen atoms in total. The molecule has 17 heavy (non-hydrogen) atoms. The zero-order valence-corrected chi connectivity index (χ0v) is 11.5. The van der Waals surface area contributed by atoms with Crippen molar-refractivity contribution >= 4 is 9.84 Å². The van der Waals surface area contributed by atoms with Crippen molar-refractivity contribution in [3.05, 3.63) is 0 Å². The standard InChI is InChI=1S/C12H23NO3S/c1-11(2)10(4-7-17(11,15)16)8-12(14)5-3-6-13-9-12/h10,13-14H,3-9H2,1-2H3. The average Bonchev–Trinajstić information content (AvgIpc) is 2.42. The smallest absolute Gasteiger partial charge is 0.155 e. The third kappa shape index (κ3) is 2.37. The molecule has 0 aromatic heterocycles. The molecule has 2 N–H and O–H groups in total. The lowest BCUT2D eigenvalue weighted by Gasteiger charge is -2.37. The first-order chi connectivity index (χ1) is 7.77.